The topological polar surface area (TPSA) is 47.4 Å². The summed E-state index contributed by atoms with van der Waals surface area (Å²) in [6, 6.07) is 8.44. The van der Waals surface area contributed by atoms with Crippen molar-refractivity contribution in [2.45, 2.75) is 25.2 Å². The lowest BCUT2D eigenvalue weighted by molar-refractivity contribution is -0.172. The van der Waals surface area contributed by atoms with Gasteiger partial charge in [0, 0.05) is 18.2 Å². The summed E-state index contributed by atoms with van der Waals surface area (Å²) in [6.45, 7) is 0.194. The highest BCUT2D eigenvalue weighted by molar-refractivity contribution is 7.12. The van der Waals surface area contributed by atoms with Crippen LogP contribution in [0, 0.1) is 0 Å². The minimum atomic E-state index is -4.41. The van der Waals surface area contributed by atoms with Crippen molar-refractivity contribution in [3.8, 4) is 5.75 Å². The predicted octanol–water partition coefficient (Wildman–Crippen LogP) is 5.33. The molecule has 1 amide bonds. The van der Waals surface area contributed by atoms with Crippen molar-refractivity contribution in [3.63, 3.8) is 0 Å². The predicted molar refractivity (Wildman–Crippen MR) is 104 cm³/mol. The van der Waals surface area contributed by atoms with E-state index in [4.69, 9.17) is 16.3 Å². The van der Waals surface area contributed by atoms with Gasteiger partial charge in [0.25, 0.3) is 5.91 Å². The van der Waals surface area contributed by atoms with E-state index in [9.17, 15) is 18.0 Å². The molecule has 1 unspecified atom stereocenters. The molecular formula is C19H15ClF3N3O2S. The Morgan fingerprint density at radius 3 is 2.86 bits per heavy atom. The number of hydrogen-bond acceptors (Lipinski definition) is 4. The van der Waals surface area contributed by atoms with Crippen LogP contribution in [0.4, 0.5) is 19.0 Å². The Kier molecular flexibility index (Phi) is 5.26. The SMILES string of the molecule is O=C(c1cc(COc2ccccc2Cl)cs1)N1CCC(C(F)(F)F)n2nccc21. The number of alkyl halides is 3. The monoisotopic (exact) mass is 441 g/mol. The average molecular weight is 442 g/mol. The van der Waals surface area contributed by atoms with E-state index >= 15 is 0 Å². The molecule has 0 saturated carbocycles. The first kappa shape index (κ1) is 19.8. The number of carbonyl (C=O) groups excluding carboxylic acids is 1. The smallest absolute Gasteiger partial charge is 0.410 e. The van der Waals surface area contributed by atoms with Crippen molar-refractivity contribution >= 4 is 34.7 Å². The first-order valence-electron chi connectivity index (χ1n) is 8.71. The van der Waals surface area contributed by atoms with Gasteiger partial charge in [-0.25, -0.2) is 4.68 Å². The molecule has 29 heavy (non-hydrogen) atoms. The lowest BCUT2D eigenvalue weighted by Crippen LogP contribution is -2.42. The molecule has 152 valence electrons. The minimum Gasteiger partial charge on any atom is -0.487 e. The second kappa shape index (κ2) is 7.72. The number of benzene rings is 1. The summed E-state index contributed by atoms with van der Waals surface area (Å²) in [5, 5.41) is 6.05. The summed E-state index contributed by atoms with van der Waals surface area (Å²) >= 11 is 7.28. The van der Waals surface area contributed by atoms with Gasteiger partial charge in [-0.15, -0.1) is 11.3 Å². The van der Waals surface area contributed by atoms with Crippen LogP contribution in [0.1, 0.15) is 27.7 Å². The van der Waals surface area contributed by atoms with Crippen molar-refractivity contribution in [3.05, 3.63) is 63.4 Å². The average Bonchev–Trinajstić information content (AvgIpc) is 3.35. The maximum Gasteiger partial charge on any atom is 0.410 e. The van der Waals surface area contributed by atoms with Crippen LogP contribution in [0.5, 0.6) is 5.75 Å². The lowest BCUT2D eigenvalue weighted by Gasteiger charge is -2.33. The van der Waals surface area contributed by atoms with Gasteiger partial charge in [-0.2, -0.15) is 18.3 Å². The van der Waals surface area contributed by atoms with Gasteiger partial charge < -0.3 is 4.74 Å². The number of ether oxygens (including phenoxy) is 1. The van der Waals surface area contributed by atoms with Gasteiger partial charge in [0.05, 0.1) is 16.1 Å². The second-order valence-corrected chi connectivity index (χ2v) is 7.79. The molecule has 10 heteroatoms. The largest absolute Gasteiger partial charge is 0.487 e. The van der Waals surface area contributed by atoms with E-state index in [1.807, 2.05) is 0 Å². The van der Waals surface area contributed by atoms with Crippen molar-refractivity contribution in [1.82, 2.24) is 9.78 Å². The number of carbonyl (C=O) groups is 1. The van der Waals surface area contributed by atoms with E-state index in [2.05, 4.69) is 5.10 Å². The molecule has 0 spiro atoms. The molecule has 1 aliphatic heterocycles. The zero-order valence-corrected chi connectivity index (χ0v) is 16.5. The van der Waals surface area contributed by atoms with Gasteiger partial charge in [-0.3, -0.25) is 9.69 Å². The zero-order valence-electron chi connectivity index (χ0n) is 14.9. The van der Waals surface area contributed by atoms with Crippen molar-refractivity contribution in [2.24, 2.45) is 0 Å². The maximum absolute atomic E-state index is 13.2. The van der Waals surface area contributed by atoms with E-state index in [0.717, 1.165) is 10.2 Å². The molecule has 0 N–H and O–H groups in total. The zero-order chi connectivity index (χ0) is 20.6. The van der Waals surface area contributed by atoms with Crippen molar-refractivity contribution in [2.75, 3.05) is 11.4 Å². The molecule has 1 aliphatic rings. The van der Waals surface area contributed by atoms with Crippen LogP contribution in [-0.2, 0) is 6.61 Å². The molecule has 4 rings (SSSR count). The van der Waals surface area contributed by atoms with Crippen LogP contribution in [-0.4, -0.2) is 28.4 Å². The van der Waals surface area contributed by atoms with Gasteiger partial charge in [0.15, 0.2) is 6.04 Å². The number of fused-ring (bicyclic) bond motifs is 1. The third kappa shape index (κ3) is 3.97. The number of anilines is 1. The number of nitrogens with zero attached hydrogens (tertiary/aromatic N) is 3. The molecule has 5 nitrogen and oxygen atoms in total. The van der Waals surface area contributed by atoms with Gasteiger partial charge in [-0.1, -0.05) is 23.7 Å². The van der Waals surface area contributed by atoms with E-state index in [1.54, 1.807) is 35.7 Å². The number of halogens is 4. The quantitative estimate of drug-likeness (QED) is 0.549. The molecule has 3 aromatic rings. The maximum atomic E-state index is 13.2. The van der Waals surface area contributed by atoms with Crippen molar-refractivity contribution < 1.29 is 22.7 Å². The van der Waals surface area contributed by atoms with E-state index in [0.29, 0.717) is 15.6 Å². The number of thiophene rings is 1. The van der Waals surface area contributed by atoms with Crippen LogP contribution in [0.25, 0.3) is 0 Å². The van der Waals surface area contributed by atoms with E-state index < -0.39 is 12.2 Å². The Morgan fingerprint density at radius 1 is 1.31 bits per heavy atom. The number of para-hydroxylation sites is 1. The van der Waals surface area contributed by atoms with Gasteiger partial charge in [-0.05, 0) is 30.0 Å². The fraction of sp³-hybridized carbons (Fsp3) is 0.263. The Labute approximate surface area is 173 Å². The highest BCUT2D eigenvalue weighted by Gasteiger charge is 2.45. The third-order valence-corrected chi connectivity index (χ3v) is 5.85. The summed E-state index contributed by atoms with van der Waals surface area (Å²) in [4.78, 5) is 14.7. The summed E-state index contributed by atoms with van der Waals surface area (Å²) in [5.41, 5.74) is 0.775. The van der Waals surface area contributed by atoms with Crippen LogP contribution in [0.15, 0.2) is 48.0 Å². The number of amides is 1. The molecule has 0 bridgehead atoms. The highest BCUT2D eigenvalue weighted by Crippen LogP contribution is 2.39. The Morgan fingerprint density at radius 2 is 2.10 bits per heavy atom. The van der Waals surface area contributed by atoms with Crippen LogP contribution in [0.3, 0.4) is 0 Å². The molecular weight excluding hydrogens is 427 g/mol. The first-order valence-corrected chi connectivity index (χ1v) is 9.97. The summed E-state index contributed by atoms with van der Waals surface area (Å²) < 4.78 is 46.2. The standard InChI is InChI=1S/C19H15ClF3N3O2S/c20-13-3-1-2-4-14(13)28-10-12-9-15(29-11-12)18(27)25-8-6-16(19(21,22)23)26-17(25)5-7-24-26/h1-5,7,9,11,16H,6,8,10H2. The van der Waals surface area contributed by atoms with E-state index in [-0.39, 0.29) is 31.3 Å². The molecule has 3 heterocycles. The van der Waals surface area contributed by atoms with Crippen LogP contribution in [0.2, 0.25) is 5.02 Å². The van der Waals surface area contributed by atoms with E-state index in [1.165, 1.54) is 28.5 Å². The Hall–Kier alpha value is -2.52. The molecule has 0 radical (unpaired) electrons. The van der Waals surface area contributed by atoms with Gasteiger partial charge >= 0.3 is 6.18 Å². The minimum absolute atomic E-state index is 0.0297. The second-order valence-electron chi connectivity index (χ2n) is 6.48. The molecule has 2 aromatic heterocycles. The number of aromatic nitrogens is 2. The Balaban J connectivity index is 1.49. The molecule has 0 saturated heterocycles. The fourth-order valence-electron chi connectivity index (χ4n) is 3.18. The lowest BCUT2D eigenvalue weighted by atomic mass is 10.1. The van der Waals surface area contributed by atoms with Gasteiger partial charge in [0.2, 0.25) is 0 Å². The Bertz CT molecular complexity index is 1030. The first-order chi connectivity index (χ1) is 13.8. The molecule has 0 aliphatic carbocycles. The van der Waals surface area contributed by atoms with Crippen LogP contribution < -0.4 is 9.64 Å². The molecule has 0 fully saturated rings. The third-order valence-electron chi connectivity index (χ3n) is 4.57. The summed E-state index contributed by atoms with van der Waals surface area (Å²) in [7, 11) is 0. The summed E-state index contributed by atoms with van der Waals surface area (Å²) in [5.74, 6) is 0.318. The van der Waals surface area contributed by atoms with Gasteiger partial charge in [0.1, 0.15) is 18.2 Å². The fourth-order valence-corrected chi connectivity index (χ4v) is 4.21. The van der Waals surface area contributed by atoms with Crippen molar-refractivity contribution in [1.29, 1.82) is 0 Å². The molecule has 1 atom stereocenters. The summed E-state index contributed by atoms with van der Waals surface area (Å²) in [6.07, 6.45) is -3.38. The number of rotatable bonds is 4. The van der Waals surface area contributed by atoms with Crippen LogP contribution >= 0.6 is 22.9 Å². The number of hydrogen-bond donors (Lipinski definition) is 0. The highest BCUT2D eigenvalue weighted by atomic mass is 35.5. The normalized spacial score (nSPS) is 16.6. The molecule has 1 aromatic carbocycles.